The molecule has 1 amide bonds. The highest BCUT2D eigenvalue weighted by atomic mass is 79.9. The number of alkyl halides is 6. The van der Waals surface area contributed by atoms with Gasteiger partial charge in [-0.15, -0.1) is 0 Å². The summed E-state index contributed by atoms with van der Waals surface area (Å²) in [5, 5.41) is 1.60. The first kappa shape index (κ1) is 32.2. The zero-order valence-electron chi connectivity index (χ0n) is 19.6. The van der Waals surface area contributed by atoms with Gasteiger partial charge in [0.25, 0.3) is 5.91 Å². The van der Waals surface area contributed by atoms with Crippen molar-refractivity contribution in [1.82, 2.24) is 5.32 Å². The quantitative estimate of drug-likeness (QED) is 0.174. The summed E-state index contributed by atoms with van der Waals surface area (Å²) in [6.07, 6.45) is -7.60. The molecule has 2 rings (SSSR count). The van der Waals surface area contributed by atoms with E-state index in [0.717, 1.165) is 24.3 Å². The largest absolute Gasteiger partial charge is 0.411 e. The summed E-state index contributed by atoms with van der Waals surface area (Å²) in [5.41, 5.74) is -1.08. The minimum Gasteiger partial charge on any atom is -0.319 e. The van der Waals surface area contributed by atoms with Crippen LogP contribution in [0.3, 0.4) is 0 Å². The summed E-state index contributed by atoms with van der Waals surface area (Å²) in [7, 11) is 0. The van der Waals surface area contributed by atoms with Crippen LogP contribution in [-0.4, -0.2) is 24.0 Å². The van der Waals surface area contributed by atoms with E-state index in [2.05, 4.69) is 15.9 Å². The monoisotopic (exact) mass is 663 g/mol. The molecule has 13 heteroatoms. The lowest BCUT2D eigenvalue weighted by atomic mass is 9.97. The Kier molecular flexibility index (Phi) is 10.9. The van der Waals surface area contributed by atoms with Crippen LogP contribution >= 0.6 is 50.7 Å². The van der Waals surface area contributed by atoms with Crippen molar-refractivity contribution in [3.8, 4) is 0 Å². The smallest absolute Gasteiger partial charge is 0.319 e. The van der Waals surface area contributed by atoms with Gasteiger partial charge in [0.2, 0.25) is 0 Å². The number of benzene rings is 2. The number of Topliss-reactive ketones (excluding diaryl/α,β-unsaturated/α-hetero) is 1. The average molecular weight is 666 g/mol. The van der Waals surface area contributed by atoms with Gasteiger partial charge in [0.05, 0.1) is 32.2 Å². The van der Waals surface area contributed by atoms with E-state index in [0.29, 0.717) is 0 Å². The molecule has 206 valence electrons. The van der Waals surface area contributed by atoms with Crippen molar-refractivity contribution in [1.29, 1.82) is 0 Å². The minimum atomic E-state index is -4.86. The fourth-order valence-electron chi connectivity index (χ4n) is 3.16. The van der Waals surface area contributed by atoms with E-state index in [4.69, 9.17) is 34.8 Å². The van der Waals surface area contributed by atoms with E-state index in [1.807, 2.05) is 5.32 Å². The van der Waals surface area contributed by atoms with Gasteiger partial charge in [0.15, 0.2) is 5.78 Å². The Morgan fingerprint density at radius 1 is 1.03 bits per heavy atom. The molecule has 0 aliphatic rings. The van der Waals surface area contributed by atoms with Crippen molar-refractivity contribution in [2.45, 2.75) is 38.5 Å². The van der Waals surface area contributed by atoms with Crippen molar-refractivity contribution in [3.05, 3.63) is 84.4 Å². The topological polar surface area (TPSA) is 46.2 Å². The Morgan fingerprint density at radius 2 is 1.61 bits per heavy atom. The summed E-state index contributed by atoms with van der Waals surface area (Å²) in [6, 6.07) is 5.87. The van der Waals surface area contributed by atoms with Crippen LogP contribution < -0.4 is 5.32 Å². The maximum Gasteiger partial charge on any atom is 0.411 e. The van der Waals surface area contributed by atoms with E-state index in [9.17, 15) is 35.9 Å². The number of allylic oxidation sites excluding steroid dienone is 3. The summed E-state index contributed by atoms with van der Waals surface area (Å²) in [5.74, 6) is -4.78. The van der Waals surface area contributed by atoms with Gasteiger partial charge < -0.3 is 5.32 Å². The zero-order valence-corrected chi connectivity index (χ0v) is 23.4. The summed E-state index contributed by atoms with van der Waals surface area (Å²) >= 11 is 20.7. The molecule has 3 nitrogen and oxygen atoms in total. The van der Waals surface area contributed by atoms with E-state index < -0.39 is 41.6 Å². The van der Waals surface area contributed by atoms with Gasteiger partial charge in [-0.05, 0) is 57.7 Å². The second-order valence-corrected chi connectivity index (χ2v) is 10.2. The van der Waals surface area contributed by atoms with Crippen LogP contribution in [0.5, 0.6) is 0 Å². The van der Waals surface area contributed by atoms with Crippen molar-refractivity contribution in [3.63, 3.8) is 0 Å². The molecule has 0 radical (unpaired) electrons. The molecule has 0 saturated heterocycles. The Hall–Kier alpha value is -2.01. The van der Waals surface area contributed by atoms with Crippen LogP contribution in [0.4, 0.5) is 26.3 Å². The van der Waals surface area contributed by atoms with E-state index >= 15 is 0 Å². The third-order valence-corrected chi connectivity index (χ3v) is 7.17. The second kappa shape index (κ2) is 12.9. The number of halogens is 10. The summed E-state index contributed by atoms with van der Waals surface area (Å²) < 4.78 is 80.2. The molecule has 2 aromatic carbocycles. The zero-order chi connectivity index (χ0) is 29.0. The van der Waals surface area contributed by atoms with Gasteiger partial charge >= 0.3 is 12.4 Å². The molecule has 0 saturated carbocycles. The highest BCUT2D eigenvalue weighted by Crippen LogP contribution is 2.41. The fourth-order valence-corrected chi connectivity index (χ4v) is 4.35. The lowest BCUT2D eigenvalue weighted by Gasteiger charge is -2.18. The van der Waals surface area contributed by atoms with Crippen LogP contribution in [0.1, 0.15) is 47.7 Å². The molecular weight excluding hydrogens is 647 g/mol. The third-order valence-electron chi connectivity index (χ3n) is 5.32. The Balaban J connectivity index is 2.36. The molecule has 0 spiro atoms. The molecule has 0 fully saturated rings. The van der Waals surface area contributed by atoms with Gasteiger partial charge in [-0.1, -0.05) is 66.9 Å². The van der Waals surface area contributed by atoms with E-state index in [1.165, 1.54) is 25.1 Å². The molecule has 2 aromatic rings. The number of hydrogen-bond acceptors (Lipinski definition) is 2. The van der Waals surface area contributed by atoms with Crippen LogP contribution in [-0.2, 0) is 4.79 Å². The molecule has 0 heterocycles. The lowest BCUT2D eigenvalue weighted by Crippen LogP contribution is -2.31. The molecule has 38 heavy (non-hydrogen) atoms. The molecule has 0 aliphatic heterocycles. The Labute approximate surface area is 237 Å². The van der Waals surface area contributed by atoms with Crippen LogP contribution in [0.15, 0.2) is 52.7 Å². The van der Waals surface area contributed by atoms with Gasteiger partial charge in [0.1, 0.15) is 0 Å². The Morgan fingerprint density at radius 3 is 2.08 bits per heavy atom. The second-order valence-electron chi connectivity index (χ2n) is 8.14. The molecule has 2 atom stereocenters. The Bertz CT molecular complexity index is 1250. The molecule has 0 aliphatic carbocycles. The number of hydrogen-bond donors (Lipinski definition) is 1. The van der Waals surface area contributed by atoms with Crippen molar-refractivity contribution >= 4 is 68.5 Å². The molecule has 0 aromatic heterocycles. The number of nitrogens with one attached hydrogen (secondary N) is 1. The maximum absolute atomic E-state index is 13.8. The molecule has 0 bridgehead atoms. The molecule has 2 unspecified atom stereocenters. The SMILES string of the molecule is CCC(C)C(=O)C(=CC(F)(F)F)NC(=O)c1ccc(C=CC(c2cc(Cl)c(Cl)c(Cl)c2)C(F)(F)F)cc1Br. The summed E-state index contributed by atoms with van der Waals surface area (Å²) in [4.78, 5) is 25.0. The normalized spacial score (nSPS) is 14.5. The number of amides is 1. The standard InChI is InChI=1S/C25H19BrCl3F6NO2/c1-3-12(2)22(37)20(11-24(30,31)32)36-23(38)15-6-4-13(8-17(15)26)5-7-16(25(33,34)35)14-9-18(27)21(29)19(28)10-14/h4-12,16H,3H2,1-2H3,(H,36,38). The van der Waals surface area contributed by atoms with Crippen molar-refractivity contribution in [2.75, 3.05) is 0 Å². The predicted molar refractivity (Wildman–Crippen MR) is 140 cm³/mol. The highest BCUT2D eigenvalue weighted by molar-refractivity contribution is 9.10. The van der Waals surface area contributed by atoms with Crippen molar-refractivity contribution in [2.24, 2.45) is 5.92 Å². The van der Waals surface area contributed by atoms with Crippen LogP contribution in [0.25, 0.3) is 6.08 Å². The average Bonchev–Trinajstić information content (AvgIpc) is 2.79. The maximum atomic E-state index is 13.8. The number of carbonyl (C=O) groups is 2. The van der Waals surface area contributed by atoms with E-state index in [-0.39, 0.29) is 48.7 Å². The fraction of sp³-hybridized carbons (Fsp3) is 0.280. The van der Waals surface area contributed by atoms with Gasteiger partial charge in [-0.2, -0.15) is 26.3 Å². The van der Waals surface area contributed by atoms with Crippen molar-refractivity contribution < 1.29 is 35.9 Å². The first-order valence-corrected chi connectivity index (χ1v) is 12.7. The lowest BCUT2D eigenvalue weighted by molar-refractivity contribution is -0.139. The van der Waals surface area contributed by atoms with Gasteiger partial charge in [-0.25, -0.2) is 0 Å². The number of rotatable bonds is 8. The van der Waals surface area contributed by atoms with Crippen LogP contribution in [0.2, 0.25) is 15.1 Å². The number of ketones is 1. The van der Waals surface area contributed by atoms with Gasteiger partial charge in [0, 0.05) is 16.5 Å². The summed E-state index contributed by atoms with van der Waals surface area (Å²) in [6.45, 7) is 3.04. The van der Waals surface area contributed by atoms with E-state index in [1.54, 1.807) is 6.92 Å². The number of carbonyl (C=O) groups excluding carboxylic acids is 2. The van der Waals surface area contributed by atoms with Crippen LogP contribution in [0, 0.1) is 5.92 Å². The van der Waals surface area contributed by atoms with Gasteiger partial charge in [-0.3, -0.25) is 9.59 Å². The first-order chi connectivity index (χ1) is 17.4. The molecular formula is C25H19BrCl3F6NO2. The highest BCUT2D eigenvalue weighted by Gasteiger charge is 2.39. The molecule has 1 N–H and O–H groups in total. The third kappa shape index (κ3) is 8.76. The first-order valence-electron chi connectivity index (χ1n) is 10.8. The predicted octanol–water partition coefficient (Wildman–Crippen LogP) is 9.56. The minimum absolute atomic E-state index is 0.0700.